The van der Waals surface area contributed by atoms with Crippen molar-refractivity contribution in [3.8, 4) is 11.6 Å². The average Bonchev–Trinajstić information content (AvgIpc) is 2.40. The minimum Gasteiger partial charge on any atom is -0.465 e. The number of hydrogen-bond acceptors (Lipinski definition) is 6. The van der Waals surface area contributed by atoms with Gasteiger partial charge in [0, 0.05) is 10.7 Å². The van der Waals surface area contributed by atoms with Crippen molar-refractivity contribution < 1.29 is 14.3 Å². The second-order valence-corrected chi connectivity index (χ2v) is 4.47. The Bertz CT molecular complexity index is 619. The molecule has 0 aliphatic heterocycles. The fraction of sp³-hybridized carbons (Fsp3) is 0.0833. The van der Waals surface area contributed by atoms with Gasteiger partial charge in [0.25, 0.3) is 0 Å². The molecule has 0 atom stereocenters. The van der Waals surface area contributed by atoms with Gasteiger partial charge in [-0.15, -0.1) is 0 Å². The summed E-state index contributed by atoms with van der Waals surface area (Å²) in [5.74, 6) is -0.0181. The lowest BCUT2D eigenvalue weighted by Gasteiger charge is -2.09. The predicted octanol–water partition coefficient (Wildman–Crippen LogP) is 2.40. The normalized spacial score (nSPS) is 10.0. The Morgan fingerprint density at radius 2 is 2.11 bits per heavy atom. The summed E-state index contributed by atoms with van der Waals surface area (Å²) >= 11 is 3.27. The number of pyridine rings is 2. The fourth-order valence-corrected chi connectivity index (χ4v) is 1.71. The van der Waals surface area contributed by atoms with Crippen molar-refractivity contribution in [2.45, 2.75) is 0 Å². The summed E-state index contributed by atoms with van der Waals surface area (Å²) < 4.78 is 10.9. The number of nitrogens with zero attached hydrogens (tertiary/aromatic N) is 2. The van der Waals surface area contributed by atoms with E-state index in [0.717, 1.165) is 4.47 Å². The van der Waals surface area contributed by atoms with Crippen molar-refractivity contribution in [2.75, 3.05) is 12.8 Å². The van der Waals surface area contributed by atoms with Crippen molar-refractivity contribution in [3.05, 3.63) is 40.8 Å². The van der Waals surface area contributed by atoms with E-state index >= 15 is 0 Å². The maximum atomic E-state index is 11.6. The van der Waals surface area contributed by atoms with Crippen LogP contribution in [0.2, 0.25) is 0 Å². The number of halogens is 1. The molecular weight excluding hydrogens is 314 g/mol. The monoisotopic (exact) mass is 323 g/mol. The molecule has 0 fully saturated rings. The summed E-state index contributed by atoms with van der Waals surface area (Å²) in [6.45, 7) is 0. The van der Waals surface area contributed by atoms with E-state index in [9.17, 15) is 4.79 Å². The molecule has 0 aromatic carbocycles. The Balaban J connectivity index is 2.37. The number of methoxy groups -OCH3 is 1. The molecule has 0 bridgehead atoms. The van der Waals surface area contributed by atoms with Gasteiger partial charge in [-0.3, -0.25) is 4.98 Å². The molecule has 0 saturated carbocycles. The zero-order valence-corrected chi connectivity index (χ0v) is 11.5. The van der Waals surface area contributed by atoms with Crippen molar-refractivity contribution in [2.24, 2.45) is 0 Å². The first-order valence-corrected chi connectivity index (χ1v) is 6.01. The first kappa shape index (κ1) is 13.3. The van der Waals surface area contributed by atoms with Crippen LogP contribution in [0.5, 0.6) is 11.6 Å². The average molecular weight is 324 g/mol. The van der Waals surface area contributed by atoms with Crippen LogP contribution in [-0.2, 0) is 4.74 Å². The fourth-order valence-electron chi connectivity index (χ4n) is 1.37. The second kappa shape index (κ2) is 5.66. The van der Waals surface area contributed by atoms with Crippen LogP contribution >= 0.6 is 15.9 Å². The molecule has 0 aliphatic rings. The maximum absolute atomic E-state index is 11.6. The van der Waals surface area contributed by atoms with Gasteiger partial charge in [-0.25, -0.2) is 9.78 Å². The number of aromatic nitrogens is 2. The second-order valence-electron chi connectivity index (χ2n) is 3.55. The van der Waals surface area contributed by atoms with E-state index in [2.05, 4.69) is 30.6 Å². The molecule has 2 aromatic rings. The standard InChI is InChI=1S/C12H10BrN3O3/c1-18-12(17)10-3-8(14)5-16-11(10)19-9-2-7(13)4-15-6-9/h2-6H,14H2,1H3. The first-order chi connectivity index (χ1) is 9.10. The van der Waals surface area contributed by atoms with Crippen LogP contribution < -0.4 is 10.5 Å². The van der Waals surface area contributed by atoms with Gasteiger partial charge in [0.1, 0.15) is 11.3 Å². The van der Waals surface area contributed by atoms with Crippen LogP contribution in [0.15, 0.2) is 35.2 Å². The first-order valence-electron chi connectivity index (χ1n) is 5.22. The van der Waals surface area contributed by atoms with Gasteiger partial charge in [0.05, 0.1) is 25.2 Å². The number of nitrogens with two attached hydrogens (primary N) is 1. The number of nitrogen functional groups attached to an aromatic ring is 1. The van der Waals surface area contributed by atoms with Gasteiger partial charge in [0.15, 0.2) is 0 Å². The van der Waals surface area contributed by atoms with E-state index < -0.39 is 5.97 Å². The molecule has 2 aromatic heterocycles. The molecular formula is C12H10BrN3O3. The molecule has 0 spiro atoms. The van der Waals surface area contributed by atoms with Crippen molar-refractivity contribution in [3.63, 3.8) is 0 Å². The molecule has 19 heavy (non-hydrogen) atoms. The highest BCUT2D eigenvalue weighted by Crippen LogP contribution is 2.26. The highest BCUT2D eigenvalue weighted by molar-refractivity contribution is 9.10. The number of ether oxygens (including phenoxy) is 2. The molecule has 6 nitrogen and oxygen atoms in total. The smallest absolute Gasteiger partial charge is 0.343 e. The van der Waals surface area contributed by atoms with Gasteiger partial charge >= 0.3 is 5.97 Å². The van der Waals surface area contributed by atoms with Crippen LogP contribution in [-0.4, -0.2) is 23.0 Å². The molecule has 0 aliphatic carbocycles. The molecule has 98 valence electrons. The minimum atomic E-state index is -0.572. The number of carbonyl (C=O) groups excluding carboxylic acids is 1. The molecule has 2 heterocycles. The SMILES string of the molecule is COC(=O)c1cc(N)cnc1Oc1cncc(Br)c1. The van der Waals surface area contributed by atoms with Crippen molar-refractivity contribution >= 4 is 27.6 Å². The summed E-state index contributed by atoms with van der Waals surface area (Å²) in [7, 11) is 1.27. The van der Waals surface area contributed by atoms with Gasteiger partial charge in [-0.05, 0) is 28.1 Å². The minimum absolute atomic E-state index is 0.112. The third kappa shape index (κ3) is 3.19. The van der Waals surface area contributed by atoms with E-state index in [1.54, 1.807) is 12.3 Å². The number of carbonyl (C=O) groups is 1. The van der Waals surface area contributed by atoms with Crippen LogP contribution in [0.4, 0.5) is 5.69 Å². The molecule has 2 rings (SSSR count). The molecule has 2 N–H and O–H groups in total. The van der Waals surface area contributed by atoms with Gasteiger partial charge < -0.3 is 15.2 Å². The van der Waals surface area contributed by atoms with Crippen LogP contribution in [0.3, 0.4) is 0 Å². The predicted molar refractivity (Wildman–Crippen MR) is 72.0 cm³/mol. The van der Waals surface area contributed by atoms with Crippen LogP contribution in [0.25, 0.3) is 0 Å². The third-order valence-corrected chi connectivity index (χ3v) is 2.61. The lowest BCUT2D eigenvalue weighted by atomic mass is 10.2. The quantitative estimate of drug-likeness (QED) is 0.872. The molecule has 0 radical (unpaired) electrons. The Morgan fingerprint density at radius 1 is 1.32 bits per heavy atom. The highest BCUT2D eigenvalue weighted by atomic mass is 79.9. The Hall–Kier alpha value is -2.15. The van der Waals surface area contributed by atoms with E-state index in [4.69, 9.17) is 10.5 Å². The summed E-state index contributed by atoms with van der Waals surface area (Å²) in [5.41, 5.74) is 6.09. The topological polar surface area (TPSA) is 87.3 Å². The summed E-state index contributed by atoms with van der Waals surface area (Å²) in [6, 6.07) is 3.14. The van der Waals surface area contributed by atoms with E-state index in [-0.39, 0.29) is 11.4 Å². The zero-order chi connectivity index (χ0) is 13.8. The summed E-state index contributed by atoms with van der Waals surface area (Å²) in [5, 5.41) is 0. The van der Waals surface area contributed by atoms with Gasteiger partial charge in [-0.2, -0.15) is 0 Å². The Labute approximate surface area is 117 Å². The Morgan fingerprint density at radius 3 is 2.79 bits per heavy atom. The highest BCUT2D eigenvalue weighted by Gasteiger charge is 2.16. The Kier molecular flexibility index (Phi) is 3.96. The van der Waals surface area contributed by atoms with Gasteiger partial charge in [-0.1, -0.05) is 0 Å². The maximum Gasteiger partial charge on any atom is 0.343 e. The van der Waals surface area contributed by atoms with Crippen molar-refractivity contribution in [1.29, 1.82) is 0 Å². The van der Waals surface area contributed by atoms with Gasteiger partial charge in [0.2, 0.25) is 5.88 Å². The molecule has 7 heteroatoms. The molecule has 0 amide bonds. The van der Waals surface area contributed by atoms with Crippen LogP contribution in [0.1, 0.15) is 10.4 Å². The number of rotatable bonds is 3. The number of hydrogen-bond donors (Lipinski definition) is 1. The molecule has 0 unspecified atom stereocenters. The largest absolute Gasteiger partial charge is 0.465 e. The number of esters is 1. The van der Waals surface area contributed by atoms with E-state index in [1.165, 1.54) is 25.6 Å². The lowest BCUT2D eigenvalue weighted by Crippen LogP contribution is -2.06. The zero-order valence-electron chi connectivity index (χ0n) is 9.96. The summed E-state index contributed by atoms with van der Waals surface area (Å²) in [4.78, 5) is 19.6. The molecule has 0 saturated heterocycles. The third-order valence-electron chi connectivity index (χ3n) is 2.17. The van der Waals surface area contributed by atoms with E-state index in [1.807, 2.05) is 0 Å². The van der Waals surface area contributed by atoms with Crippen LogP contribution in [0, 0.1) is 0 Å². The van der Waals surface area contributed by atoms with E-state index in [0.29, 0.717) is 11.4 Å². The summed E-state index contributed by atoms with van der Waals surface area (Å²) in [6.07, 6.45) is 4.52. The number of anilines is 1. The lowest BCUT2D eigenvalue weighted by molar-refractivity contribution is 0.0597. The van der Waals surface area contributed by atoms with Crippen molar-refractivity contribution in [1.82, 2.24) is 9.97 Å².